The van der Waals surface area contributed by atoms with Crippen LogP contribution in [0.15, 0.2) is 35.4 Å². The van der Waals surface area contributed by atoms with Crippen molar-refractivity contribution < 1.29 is 14.0 Å². The molecule has 0 bridgehead atoms. The second kappa shape index (κ2) is 8.90. The first-order valence-electron chi connectivity index (χ1n) is 12.6. The van der Waals surface area contributed by atoms with Crippen LogP contribution in [0.25, 0.3) is 0 Å². The Kier molecular flexibility index (Phi) is 6.26. The minimum Gasteiger partial charge on any atom is -0.399 e. The minimum absolute atomic E-state index is 0.151. The fraction of sp³-hybridized carbons (Fsp3) is 0.600. The standard InChI is InChI=1S/C25H35B2N5O4/c1-17-13-31(25(26)15-34-16-25)9-10-32(17)19-7-8-21(28-12-19)29-20-11-18(14-30(6)22(20)33)27-35-23(2,3)24(4,5)36-27/h7-8,11-12,14,17H,9-10,13,15-16H2,1-6H3,(H,28,29)/t17-/m0/s1. The molecular formula is C25H35B2N5O4. The van der Waals surface area contributed by atoms with E-state index in [0.29, 0.717) is 30.8 Å². The number of ether oxygens (including phenoxy) is 1. The van der Waals surface area contributed by atoms with Gasteiger partial charge in [0.05, 0.1) is 36.3 Å². The van der Waals surface area contributed by atoms with E-state index in [-0.39, 0.29) is 11.0 Å². The summed E-state index contributed by atoms with van der Waals surface area (Å²) in [6.07, 6.45) is 3.61. The maximum absolute atomic E-state index is 12.9. The number of hydrogen-bond acceptors (Lipinski definition) is 8. The van der Waals surface area contributed by atoms with Crippen molar-refractivity contribution in [3.8, 4) is 0 Å². The van der Waals surface area contributed by atoms with E-state index in [4.69, 9.17) is 21.9 Å². The van der Waals surface area contributed by atoms with Crippen molar-refractivity contribution in [1.29, 1.82) is 0 Å². The van der Waals surface area contributed by atoms with Gasteiger partial charge in [-0.05, 0) is 52.8 Å². The van der Waals surface area contributed by atoms with Crippen LogP contribution in [0.5, 0.6) is 0 Å². The molecule has 3 fully saturated rings. The number of piperazine rings is 1. The molecule has 0 unspecified atom stereocenters. The van der Waals surface area contributed by atoms with E-state index in [1.54, 1.807) is 19.3 Å². The molecule has 9 nitrogen and oxygen atoms in total. The highest BCUT2D eigenvalue weighted by molar-refractivity contribution is 6.62. The van der Waals surface area contributed by atoms with Gasteiger partial charge < -0.3 is 28.8 Å². The summed E-state index contributed by atoms with van der Waals surface area (Å²) in [6, 6.07) is 6.02. The highest BCUT2D eigenvalue weighted by atomic mass is 16.7. The molecule has 11 heteroatoms. The van der Waals surface area contributed by atoms with Gasteiger partial charge >= 0.3 is 7.12 Å². The number of anilines is 3. The van der Waals surface area contributed by atoms with Crippen LogP contribution in [0, 0.1) is 0 Å². The van der Waals surface area contributed by atoms with Crippen molar-refractivity contribution in [3.63, 3.8) is 0 Å². The lowest BCUT2D eigenvalue weighted by Crippen LogP contribution is -2.68. The maximum atomic E-state index is 12.9. The van der Waals surface area contributed by atoms with Crippen molar-refractivity contribution in [2.45, 2.75) is 57.3 Å². The Labute approximate surface area is 214 Å². The smallest absolute Gasteiger partial charge is 0.399 e. The first-order valence-corrected chi connectivity index (χ1v) is 12.6. The van der Waals surface area contributed by atoms with Gasteiger partial charge in [0, 0.05) is 49.8 Å². The number of aromatic nitrogens is 2. The minimum atomic E-state index is -0.558. The Balaban J connectivity index is 1.29. The number of nitrogens with zero attached hydrogens (tertiary/aromatic N) is 4. The molecule has 0 aliphatic carbocycles. The Bertz CT molecular complexity index is 1170. The predicted molar refractivity (Wildman–Crippen MR) is 143 cm³/mol. The summed E-state index contributed by atoms with van der Waals surface area (Å²) < 4.78 is 19.2. The van der Waals surface area contributed by atoms with Gasteiger partial charge in [0.2, 0.25) is 0 Å². The summed E-state index contributed by atoms with van der Waals surface area (Å²) in [5, 5.41) is 3.19. The van der Waals surface area contributed by atoms with E-state index in [1.807, 2.05) is 46.0 Å². The van der Waals surface area contributed by atoms with Crippen molar-refractivity contribution in [3.05, 3.63) is 40.9 Å². The summed E-state index contributed by atoms with van der Waals surface area (Å²) >= 11 is 0. The molecule has 0 aromatic carbocycles. The number of rotatable bonds is 5. The summed E-state index contributed by atoms with van der Waals surface area (Å²) in [7, 11) is 7.60. The molecule has 2 aromatic rings. The van der Waals surface area contributed by atoms with E-state index in [9.17, 15) is 4.79 Å². The zero-order valence-electron chi connectivity index (χ0n) is 22.1. The average molecular weight is 491 g/mol. The van der Waals surface area contributed by atoms with Gasteiger partial charge in [-0.3, -0.25) is 9.69 Å². The summed E-state index contributed by atoms with van der Waals surface area (Å²) in [5.74, 6) is 0.598. The molecule has 190 valence electrons. The molecule has 3 saturated heterocycles. The van der Waals surface area contributed by atoms with Crippen LogP contribution in [0.4, 0.5) is 17.2 Å². The lowest BCUT2D eigenvalue weighted by molar-refractivity contribution is -0.0963. The first-order chi connectivity index (χ1) is 16.9. The molecule has 3 aliphatic rings. The van der Waals surface area contributed by atoms with Gasteiger partial charge in [-0.25, -0.2) is 4.98 Å². The van der Waals surface area contributed by atoms with Gasteiger partial charge in [0.25, 0.3) is 5.56 Å². The highest BCUT2D eigenvalue weighted by Crippen LogP contribution is 2.36. The Morgan fingerprint density at radius 2 is 1.83 bits per heavy atom. The van der Waals surface area contributed by atoms with Crippen LogP contribution in [-0.4, -0.2) is 84.9 Å². The third-order valence-corrected chi connectivity index (χ3v) is 8.03. The quantitative estimate of drug-likeness (QED) is 0.627. The van der Waals surface area contributed by atoms with Crippen LogP contribution in [0.3, 0.4) is 0 Å². The first kappa shape index (κ1) is 25.3. The Morgan fingerprint density at radius 1 is 1.14 bits per heavy atom. The third-order valence-electron chi connectivity index (χ3n) is 8.03. The third kappa shape index (κ3) is 4.47. The molecule has 1 atom stereocenters. The lowest BCUT2D eigenvalue weighted by Gasteiger charge is -2.53. The SMILES string of the molecule is [B]C1(N2CCN(c3ccc(Nc4cc(B5OC(C)(C)C(C)(C)O5)cn(C)c4=O)nc3)[C@@H](C)C2)COC1. The molecular weight excluding hydrogens is 456 g/mol. The topological polar surface area (TPSA) is 81.1 Å². The van der Waals surface area contributed by atoms with Crippen molar-refractivity contribution in [2.75, 3.05) is 43.1 Å². The van der Waals surface area contributed by atoms with Crippen molar-refractivity contribution in [2.24, 2.45) is 7.05 Å². The molecule has 2 radical (unpaired) electrons. The van der Waals surface area contributed by atoms with Gasteiger partial charge in [0.1, 0.15) is 19.4 Å². The molecule has 0 spiro atoms. The number of nitrogens with one attached hydrogen (secondary N) is 1. The van der Waals surface area contributed by atoms with Crippen LogP contribution in [0.1, 0.15) is 34.6 Å². The van der Waals surface area contributed by atoms with Crippen LogP contribution in [0.2, 0.25) is 0 Å². The monoisotopic (exact) mass is 491 g/mol. The lowest BCUT2D eigenvalue weighted by atomic mass is 9.73. The second-order valence-electron chi connectivity index (χ2n) is 11.3. The van der Waals surface area contributed by atoms with E-state index < -0.39 is 18.3 Å². The van der Waals surface area contributed by atoms with Crippen LogP contribution < -0.4 is 21.2 Å². The highest BCUT2D eigenvalue weighted by Gasteiger charge is 2.52. The second-order valence-corrected chi connectivity index (χ2v) is 11.3. The molecule has 5 rings (SSSR count). The van der Waals surface area contributed by atoms with E-state index in [2.05, 4.69) is 27.0 Å². The zero-order chi connectivity index (χ0) is 25.9. The number of aryl methyl sites for hydroxylation is 1. The fourth-order valence-electron chi connectivity index (χ4n) is 4.94. The molecule has 2 aromatic heterocycles. The molecule has 0 amide bonds. The van der Waals surface area contributed by atoms with Gasteiger partial charge in [-0.2, -0.15) is 0 Å². The summed E-state index contributed by atoms with van der Waals surface area (Å²) in [4.78, 5) is 22.1. The van der Waals surface area contributed by atoms with Gasteiger partial charge in [-0.15, -0.1) is 0 Å². The molecule has 36 heavy (non-hydrogen) atoms. The largest absolute Gasteiger partial charge is 0.496 e. The van der Waals surface area contributed by atoms with E-state index >= 15 is 0 Å². The Hall–Kier alpha value is -2.33. The van der Waals surface area contributed by atoms with Gasteiger partial charge in [-0.1, -0.05) is 0 Å². The van der Waals surface area contributed by atoms with Crippen LogP contribution in [-0.2, 0) is 21.1 Å². The average Bonchev–Trinajstić information content (AvgIpc) is 3.02. The fourth-order valence-corrected chi connectivity index (χ4v) is 4.94. The molecule has 0 saturated carbocycles. The van der Waals surface area contributed by atoms with E-state index in [1.165, 1.54) is 4.57 Å². The Morgan fingerprint density at radius 3 is 2.39 bits per heavy atom. The van der Waals surface area contributed by atoms with Crippen LogP contribution >= 0.6 is 0 Å². The van der Waals surface area contributed by atoms with Crippen molar-refractivity contribution >= 4 is 37.6 Å². The van der Waals surface area contributed by atoms with Crippen molar-refractivity contribution in [1.82, 2.24) is 14.5 Å². The van der Waals surface area contributed by atoms with Gasteiger partial charge in [0.15, 0.2) is 0 Å². The summed E-state index contributed by atoms with van der Waals surface area (Å²) in [6.45, 7) is 14.1. The molecule has 3 aliphatic heterocycles. The summed E-state index contributed by atoms with van der Waals surface area (Å²) in [5.41, 5.74) is 0.836. The normalized spacial score (nSPS) is 25.0. The molecule has 1 N–H and O–H groups in total. The zero-order valence-corrected chi connectivity index (χ0v) is 22.1. The predicted octanol–water partition coefficient (Wildman–Crippen LogP) is 1.23. The number of pyridine rings is 2. The maximum Gasteiger partial charge on any atom is 0.496 e. The number of hydrogen-bond donors (Lipinski definition) is 1. The van der Waals surface area contributed by atoms with E-state index in [0.717, 1.165) is 30.8 Å². The molecule has 5 heterocycles.